The van der Waals surface area contributed by atoms with Gasteiger partial charge in [0, 0.05) is 13.0 Å². The van der Waals surface area contributed by atoms with Crippen molar-refractivity contribution in [3.8, 4) is 0 Å². The van der Waals surface area contributed by atoms with E-state index >= 15 is 0 Å². The normalized spacial score (nSPS) is 13.6. The van der Waals surface area contributed by atoms with E-state index in [0.29, 0.717) is 6.61 Å². The van der Waals surface area contributed by atoms with Crippen molar-refractivity contribution in [1.82, 2.24) is 10.4 Å². The summed E-state index contributed by atoms with van der Waals surface area (Å²) in [6.07, 6.45) is -0.667. The second kappa shape index (κ2) is 10.1. The molecule has 0 saturated heterocycles. The first-order valence-electron chi connectivity index (χ1n) is 8.57. The Bertz CT molecular complexity index is 571. The Morgan fingerprint density at radius 2 is 1.81 bits per heavy atom. The van der Waals surface area contributed by atoms with Crippen LogP contribution in [0.3, 0.4) is 0 Å². The summed E-state index contributed by atoms with van der Waals surface area (Å²) < 4.78 is 11.0. The summed E-state index contributed by atoms with van der Waals surface area (Å²) >= 11 is 0. The number of amides is 2. The molecule has 0 aliphatic carbocycles. The minimum Gasteiger partial charge on any atom is -0.445 e. The summed E-state index contributed by atoms with van der Waals surface area (Å²) in [4.78, 5) is 29.6. The van der Waals surface area contributed by atoms with E-state index in [1.165, 1.54) is 14.2 Å². The molecule has 0 heterocycles. The Morgan fingerprint density at radius 3 is 2.35 bits per heavy atom. The monoisotopic (exact) mass is 366 g/mol. The third kappa shape index (κ3) is 7.84. The van der Waals surface area contributed by atoms with Crippen LogP contribution >= 0.6 is 0 Å². The van der Waals surface area contributed by atoms with Crippen LogP contribution in [-0.2, 0) is 25.7 Å². The molecule has 0 saturated carbocycles. The van der Waals surface area contributed by atoms with Gasteiger partial charge < -0.3 is 14.8 Å². The number of rotatable bonds is 8. The van der Waals surface area contributed by atoms with Crippen molar-refractivity contribution in [3.63, 3.8) is 0 Å². The number of hydrogen-bond donors (Lipinski definition) is 1. The zero-order valence-corrected chi connectivity index (χ0v) is 16.4. The molecule has 2 unspecified atom stereocenters. The first kappa shape index (κ1) is 21.9. The quantitative estimate of drug-likeness (QED) is 0.716. The van der Waals surface area contributed by atoms with Gasteiger partial charge in [-0.15, -0.1) is 0 Å². The van der Waals surface area contributed by atoms with E-state index < -0.39 is 12.1 Å². The van der Waals surface area contributed by atoms with Crippen LogP contribution in [0.4, 0.5) is 4.79 Å². The summed E-state index contributed by atoms with van der Waals surface area (Å²) in [5.41, 5.74) is 0.520. The Kier molecular flexibility index (Phi) is 8.54. The van der Waals surface area contributed by atoms with Crippen LogP contribution in [0.15, 0.2) is 30.3 Å². The van der Waals surface area contributed by atoms with Crippen molar-refractivity contribution in [2.45, 2.75) is 45.9 Å². The summed E-state index contributed by atoms with van der Waals surface area (Å²) in [7, 11) is 2.88. The molecule has 2 atom stereocenters. The highest BCUT2D eigenvalue weighted by atomic mass is 16.7. The number of ether oxygens (including phenoxy) is 2. The van der Waals surface area contributed by atoms with E-state index in [1.54, 1.807) is 0 Å². The lowest BCUT2D eigenvalue weighted by Crippen LogP contribution is -2.52. The summed E-state index contributed by atoms with van der Waals surface area (Å²) in [5, 5.41) is 3.71. The molecule has 1 N–H and O–H groups in total. The summed E-state index contributed by atoms with van der Waals surface area (Å²) in [5.74, 6) is -0.655. The van der Waals surface area contributed by atoms with Crippen molar-refractivity contribution in [2.75, 3.05) is 20.8 Å². The van der Waals surface area contributed by atoms with Gasteiger partial charge in [0.15, 0.2) is 0 Å². The minimum atomic E-state index is -0.828. The number of carbonyl (C=O) groups excluding carboxylic acids is 2. The number of carbonyl (C=O) groups is 2. The van der Waals surface area contributed by atoms with Crippen LogP contribution < -0.4 is 5.32 Å². The number of alkyl carbamates (subject to hydrolysis) is 1. The minimum absolute atomic E-state index is 0.126. The molecular weight excluding hydrogens is 336 g/mol. The number of likely N-dealkylation sites (N-methyl/N-ethyl adjacent to an activating group) is 1. The molecule has 0 aliphatic rings. The molecule has 7 heteroatoms. The van der Waals surface area contributed by atoms with E-state index in [2.05, 4.69) is 5.32 Å². The maximum Gasteiger partial charge on any atom is 0.408 e. The van der Waals surface area contributed by atoms with Crippen molar-refractivity contribution >= 4 is 12.0 Å². The zero-order chi connectivity index (χ0) is 19.7. The molecule has 2 amide bonds. The van der Waals surface area contributed by atoms with Gasteiger partial charge in [-0.3, -0.25) is 9.63 Å². The molecule has 0 radical (unpaired) electrons. The molecule has 1 rings (SSSR count). The van der Waals surface area contributed by atoms with E-state index in [4.69, 9.17) is 14.3 Å². The second-order valence-electron chi connectivity index (χ2n) is 7.10. The van der Waals surface area contributed by atoms with Gasteiger partial charge in [-0.05, 0) is 26.3 Å². The third-order valence-electron chi connectivity index (χ3n) is 3.68. The highest BCUT2D eigenvalue weighted by Gasteiger charge is 2.31. The van der Waals surface area contributed by atoms with Gasteiger partial charge in [0.2, 0.25) is 0 Å². The van der Waals surface area contributed by atoms with Crippen LogP contribution in [0.2, 0.25) is 0 Å². The highest BCUT2D eigenvalue weighted by molar-refractivity contribution is 5.85. The number of hydrogen-bond acceptors (Lipinski definition) is 5. The van der Waals surface area contributed by atoms with Gasteiger partial charge in [-0.25, -0.2) is 9.86 Å². The fourth-order valence-corrected chi connectivity index (χ4v) is 2.10. The first-order valence-corrected chi connectivity index (χ1v) is 8.57. The van der Waals surface area contributed by atoms with Crippen LogP contribution in [0, 0.1) is 5.92 Å². The first-order chi connectivity index (χ1) is 12.1. The van der Waals surface area contributed by atoms with Crippen molar-refractivity contribution in [2.24, 2.45) is 5.92 Å². The fourth-order valence-electron chi connectivity index (χ4n) is 2.10. The van der Waals surface area contributed by atoms with Gasteiger partial charge in [0.25, 0.3) is 5.91 Å². The predicted molar refractivity (Wildman–Crippen MR) is 98.2 cm³/mol. The van der Waals surface area contributed by atoms with Crippen LogP contribution in [0.5, 0.6) is 0 Å². The molecule has 146 valence electrons. The van der Waals surface area contributed by atoms with Gasteiger partial charge >= 0.3 is 6.09 Å². The summed E-state index contributed by atoms with van der Waals surface area (Å²) in [6, 6.07) is 8.49. The zero-order valence-electron chi connectivity index (χ0n) is 16.4. The van der Waals surface area contributed by atoms with Crippen LogP contribution in [0.25, 0.3) is 0 Å². The molecule has 0 spiro atoms. The molecule has 1 aromatic rings. The molecule has 7 nitrogen and oxygen atoms in total. The standard InChI is InChI=1S/C19H30N2O5/c1-14(12-26-19(2,3)4)16(17(22)21(5)24-6)20-18(23)25-13-15-10-8-7-9-11-15/h7-11,14,16H,12-13H2,1-6H3,(H,20,23). The van der Waals surface area contributed by atoms with E-state index in [0.717, 1.165) is 10.6 Å². The maximum absolute atomic E-state index is 12.5. The molecule has 0 aromatic heterocycles. The fraction of sp³-hybridized carbons (Fsp3) is 0.579. The topological polar surface area (TPSA) is 77.1 Å². The average Bonchev–Trinajstić information content (AvgIpc) is 2.61. The Hall–Kier alpha value is -2.12. The molecular formula is C19H30N2O5. The Labute approximate surface area is 155 Å². The number of nitrogens with one attached hydrogen (secondary N) is 1. The SMILES string of the molecule is CON(C)C(=O)C(NC(=O)OCc1ccccc1)C(C)COC(C)(C)C. The van der Waals surface area contributed by atoms with Crippen molar-refractivity contribution in [1.29, 1.82) is 0 Å². The highest BCUT2D eigenvalue weighted by Crippen LogP contribution is 2.14. The number of hydroxylamine groups is 2. The Morgan fingerprint density at radius 1 is 1.19 bits per heavy atom. The maximum atomic E-state index is 12.5. The van der Waals surface area contributed by atoms with Gasteiger partial charge in [-0.1, -0.05) is 37.3 Å². The second-order valence-corrected chi connectivity index (χ2v) is 7.10. The molecule has 26 heavy (non-hydrogen) atoms. The van der Waals surface area contributed by atoms with E-state index in [1.807, 2.05) is 58.0 Å². The van der Waals surface area contributed by atoms with Crippen LogP contribution in [0.1, 0.15) is 33.3 Å². The smallest absolute Gasteiger partial charge is 0.408 e. The largest absolute Gasteiger partial charge is 0.445 e. The third-order valence-corrected chi connectivity index (χ3v) is 3.68. The number of benzene rings is 1. The van der Waals surface area contributed by atoms with E-state index in [9.17, 15) is 9.59 Å². The van der Waals surface area contributed by atoms with Crippen molar-refractivity contribution in [3.05, 3.63) is 35.9 Å². The summed E-state index contributed by atoms with van der Waals surface area (Å²) in [6.45, 7) is 8.05. The van der Waals surface area contributed by atoms with Crippen LogP contribution in [-0.4, -0.2) is 49.5 Å². The average molecular weight is 366 g/mol. The molecule has 0 bridgehead atoms. The lowest BCUT2D eigenvalue weighted by Gasteiger charge is -2.29. The van der Waals surface area contributed by atoms with Gasteiger partial charge in [0.05, 0.1) is 19.3 Å². The van der Waals surface area contributed by atoms with Crippen molar-refractivity contribution < 1.29 is 23.9 Å². The molecule has 1 aromatic carbocycles. The Balaban J connectivity index is 2.71. The van der Waals surface area contributed by atoms with Gasteiger partial charge in [0.1, 0.15) is 12.6 Å². The molecule has 0 fully saturated rings. The van der Waals surface area contributed by atoms with E-state index in [-0.39, 0.29) is 24.0 Å². The lowest BCUT2D eigenvalue weighted by molar-refractivity contribution is -0.173. The number of nitrogens with zero attached hydrogens (tertiary/aromatic N) is 1. The molecule has 0 aliphatic heterocycles. The lowest BCUT2D eigenvalue weighted by atomic mass is 10.0. The van der Waals surface area contributed by atoms with Gasteiger partial charge in [-0.2, -0.15) is 0 Å². The predicted octanol–water partition coefficient (Wildman–Crippen LogP) is 2.75.